The quantitative estimate of drug-likeness (QED) is 0.523. The summed E-state index contributed by atoms with van der Waals surface area (Å²) in [5.74, 6) is 0.440. The molecule has 0 rings (SSSR count). The molecule has 0 spiro atoms. The van der Waals surface area contributed by atoms with E-state index in [1.54, 1.807) is 14.0 Å². The fraction of sp³-hybridized carbons (Fsp3) is 0.778. The molecule has 1 unspecified atom stereocenters. The molecule has 0 aliphatic heterocycles. The van der Waals surface area contributed by atoms with Crippen LogP contribution in [0, 0.1) is 5.92 Å². The first kappa shape index (κ1) is 13.9. The monoisotopic (exact) mass is 239 g/mol. The number of sulfonamides is 1. The van der Waals surface area contributed by atoms with Crippen LogP contribution in [0.15, 0.2) is 12.2 Å². The van der Waals surface area contributed by atoms with Gasteiger partial charge in [0.1, 0.15) is 0 Å². The smallest absolute Gasteiger partial charge is 0.212 e. The van der Waals surface area contributed by atoms with Crippen LogP contribution in [0.4, 0.5) is 0 Å². The standard InChI is InChI=1S/C9H18ClNO2S/c1-8(2)6-11(4)14(12,13)7-9(3)5-10/h9H,1,5-7H2,2-4H3. The number of hydrogen-bond acceptors (Lipinski definition) is 2. The van der Waals surface area contributed by atoms with Gasteiger partial charge in [-0.25, -0.2) is 12.7 Å². The zero-order valence-electron chi connectivity index (χ0n) is 8.96. The van der Waals surface area contributed by atoms with Gasteiger partial charge in [-0.2, -0.15) is 0 Å². The largest absolute Gasteiger partial charge is 0.214 e. The average Bonchev–Trinajstić information content (AvgIpc) is 2.02. The molecule has 0 bridgehead atoms. The maximum Gasteiger partial charge on any atom is 0.214 e. The van der Waals surface area contributed by atoms with Gasteiger partial charge in [-0.3, -0.25) is 0 Å². The highest BCUT2D eigenvalue weighted by atomic mass is 35.5. The van der Waals surface area contributed by atoms with Crippen LogP contribution >= 0.6 is 11.6 Å². The zero-order valence-corrected chi connectivity index (χ0v) is 10.5. The third-order valence-electron chi connectivity index (χ3n) is 1.73. The Hall–Kier alpha value is -0.0600. The van der Waals surface area contributed by atoms with E-state index in [-0.39, 0.29) is 11.7 Å². The molecule has 1 atom stereocenters. The fourth-order valence-corrected chi connectivity index (χ4v) is 2.76. The summed E-state index contributed by atoms with van der Waals surface area (Å²) in [6.07, 6.45) is 0. The number of alkyl halides is 1. The van der Waals surface area contributed by atoms with Crippen LogP contribution in [-0.4, -0.2) is 37.9 Å². The Kier molecular flexibility index (Phi) is 5.71. The van der Waals surface area contributed by atoms with Crippen molar-refractivity contribution in [2.45, 2.75) is 13.8 Å². The lowest BCUT2D eigenvalue weighted by molar-refractivity contribution is 0.485. The Bertz CT molecular complexity index is 287. The van der Waals surface area contributed by atoms with Gasteiger partial charge < -0.3 is 0 Å². The highest BCUT2D eigenvalue weighted by molar-refractivity contribution is 7.89. The number of likely N-dealkylation sites (N-methyl/N-ethyl adjacent to an activating group) is 1. The van der Waals surface area contributed by atoms with Crippen molar-refractivity contribution in [3.8, 4) is 0 Å². The summed E-state index contributed by atoms with van der Waals surface area (Å²) in [6.45, 7) is 7.67. The maximum atomic E-state index is 11.7. The Morgan fingerprint density at radius 2 is 2.07 bits per heavy atom. The van der Waals surface area contributed by atoms with Crippen molar-refractivity contribution in [3.05, 3.63) is 12.2 Å². The number of halogens is 1. The molecule has 0 aliphatic carbocycles. The summed E-state index contributed by atoms with van der Waals surface area (Å²) in [4.78, 5) is 0. The van der Waals surface area contributed by atoms with Gasteiger partial charge in [-0.05, 0) is 12.8 Å². The Balaban J connectivity index is 4.39. The second kappa shape index (κ2) is 5.73. The van der Waals surface area contributed by atoms with E-state index in [0.717, 1.165) is 5.57 Å². The van der Waals surface area contributed by atoms with Crippen LogP contribution in [0.5, 0.6) is 0 Å². The predicted octanol–water partition coefficient (Wildman–Crippen LogP) is 1.70. The third kappa shape index (κ3) is 4.98. The molecular weight excluding hydrogens is 222 g/mol. The maximum absolute atomic E-state index is 11.7. The van der Waals surface area contributed by atoms with E-state index in [1.807, 2.05) is 6.92 Å². The molecule has 0 saturated heterocycles. The van der Waals surface area contributed by atoms with Crippen molar-refractivity contribution in [2.24, 2.45) is 5.92 Å². The van der Waals surface area contributed by atoms with Crippen molar-refractivity contribution in [2.75, 3.05) is 25.2 Å². The highest BCUT2D eigenvalue weighted by Gasteiger charge is 2.20. The summed E-state index contributed by atoms with van der Waals surface area (Å²) in [5.41, 5.74) is 0.828. The van der Waals surface area contributed by atoms with Gasteiger partial charge in [0.2, 0.25) is 10.0 Å². The minimum Gasteiger partial charge on any atom is -0.212 e. The van der Waals surface area contributed by atoms with Gasteiger partial charge in [0.15, 0.2) is 0 Å². The summed E-state index contributed by atoms with van der Waals surface area (Å²) in [7, 11) is -1.62. The molecule has 0 aromatic rings. The minimum absolute atomic E-state index is 0.0192. The van der Waals surface area contributed by atoms with E-state index in [0.29, 0.717) is 12.4 Å². The van der Waals surface area contributed by atoms with Gasteiger partial charge in [0, 0.05) is 19.5 Å². The minimum atomic E-state index is -3.18. The molecule has 5 heteroatoms. The van der Waals surface area contributed by atoms with Gasteiger partial charge in [0.05, 0.1) is 5.75 Å². The lowest BCUT2D eigenvalue weighted by Crippen LogP contribution is -2.32. The van der Waals surface area contributed by atoms with Gasteiger partial charge in [-0.1, -0.05) is 19.1 Å². The predicted molar refractivity (Wildman–Crippen MR) is 61.1 cm³/mol. The van der Waals surface area contributed by atoms with E-state index < -0.39 is 10.0 Å². The van der Waals surface area contributed by atoms with Crippen molar-refractivity contribution >= 4 is 21.6 Å². The summed E-state index contributed by atoms with van der Waals surface area (Å²) in [5, 5.41) is 0. The molecule has 0 N–H and O–H groups in total. The third-order valence-corrected chi connectivity index (χ3v) is 4.32. The van der Waals surface area contributed by atoms with Crippen LogP contribution < -0.4 is 0 Å². The summed E-state index contributed by atoms with van der Waals surface area (Å²) in [6, 6.07) is 0. The number of nitrogens with zero attached hydrogens (tertiary/aromatic N) is 1. The normalized spacial score (nSPS) is 14.4. The van der Waals surface area contributed by atoms with Crippen molar-refractivity contribution in [1.82, 2.24) is 4.31 Å². The molecule has 0 saturated carbocycles. The van der Waals surface area contributed by atoms with E-state index in [1.165, 1.54) is 4.31 Å². The van der Waals surface area contributed by atoms with Gasteiger partial charge in [-0.15, -0.1) is 11.6 Å². The average molecular weight is 240 g/mol. The van der Waals surface area contributed by atoms with Crippen molar-refractivity contribution in [3.63, 3.8) is 0 Å². The number of rotatable bonds is 6. The molecule has 0 fully saturated rings. The molecule has 0 aliphatic rings. The van der Waals surface area contributed by atoms with Gasteiger partial charge in [0.25, 0.3) is 0 Å². The first-order chi connectivity index (χ1) is 6.29. The lowest BCUT2D eigenvalue weighted by Gasteiger charge is -2.18. The van der Waals surface area contributed by atoms with Crippen molar-refractivity contribution < 1.29 is 8.42 Å². The highest BCUT2D eigenvalue weighted by Crippen LogP contribution is 2.08. The van der Waals surface area contributed by atoms with Crippen LogP contribution in [0.3, 0.4) is 0 Å². The first-order valence-corrected chi connectivity index (χ1v) is 6.58. The van der Waals surface area contributed by atoms with Crippen LogP contribution in [0.2, 0.25) is 0 Å². The number of hydrogen-bond donors (Lipinski definition) is 0. The van der Waals surface area contributed by atoms with E-state index in [4.69, 9.17) is 11.6 Å². The Morgan fingerprint density at radius 3 is 2.43 bits per heavy atom. The zero-order chi connectivity index (χ0) is 11.4. The molecule has 0 radical (unpaired) electrons. The molecule has 84 valence electrons. The molecule has 0 heterocycles. The molecule has 14 heavy (non-hydrogen) atoms. The lowest BCUT2D eigenvalue weighted by atomic mass is 10.3. The molecule has 3 nitrogen and oxygen atoms in total. The van der Waals surface area contributed by atoms with Crippen LogP contribution in [0.25, 0.3) is 0 Å². The SMILES string of the molecule is C=C(C)CN(C)S(=O)(=O)CC(C)CCl. The molecule has 0 aromatic heterocycles. The second-order valence-electron chi connectivity index (χ2n) is 3.75. The Morgan fingerprint density at radius 1 is 1.57 bits per heavy atom. The van der Waals surface area contributed by atoms with Crippen molar-refractivity contribution in [1.29, 1.82) is 0 Å². The summed E-state index contributed by atoms with van der Waals surface area (Å²) >= 11 is 5.57. The fourth-order valence-electron chi connectivity index (χ4n) is 1.01. The molecule has 0 amide bonds. The van der Waals surface area contributed by atoms with Crippen LogP contribution in [0.1, 0.15) is 13.8 Å². The second-order valence-corrected chi connectivity index (χ2v) is 6.18. The summed E-state index contributed by atoms with van der Waals surface area (Å²) < 4.78 is 24.6. The molecular formula is C9H18ClNO2S. The van der Waals surface area contributed by atoms with Gasteiger partial charge >= 0.3 is 0 Å². The topological polar surface area (TPSA) is 37.4 Å². The van der Waals surface area contributed by atoms with Crippen LogP contribution in [-0.2, 0) is 10.0 Å². The van der Waals surface area contributed by atoms with E-state index >= 15 is 0 Å². The van der Waals surface area contributed by atoms with E-state index in [9.17, 15) is 8.42 Å². The Labute approximate surface area is 91.8 Å². The van der Waals surface area contributed by atoms with E-state index in [2.05, 4.69) is 6.58 Å². The first-order valence-electron chi connectivity index (χ1n) is 4.44. The molecule has 0 aromatic carbocycles.